The third kappa shape index (κ3) is 3.02. The molecule has 0 spiro atoms. The fourth-order valence-corrected chi connectivity index (χ4v) is 2.17. The van der Waals surface area contributed by atoms with Crippen LogP contribution < -0.4 is 11.1 Å². The van der Waals surface area contributed by atoms with Gasteiger partial charge in [0.15, 0.2) is 0 Å². The maximum absolute atomic E-state index is 11.5. The highest BCUT2D eigenvalue weighted by Crippen LogP contribution is 2.26. The van der Waals surface area contributed by atoms with E-state index in [1.54, 1.807) is 25.3 Å². The average Bonchev–Trinajstić information content (AvgIpc) is 2.95. The molecule has 1 aliphatic heterocycles. The maximum atomic E-state index is 11.5. The van der Waals surface area contributed by atoms with Gasteiger partial charge in [0.05, 0.1) is 30.7 Å². The second-order valence-corrected chi connectivity index (χ2v) is 4.84. The van der Waals surface area contributed by atoms with E-state index < -0.39 is 5.97 Å². The molecule has 6 heteroatoms. The number of carbonyl (C=O) groups excluding carboxylic acids is 1. The summed E-state index contributed by atoms with van der Waals surface area (Å²) in [4.78, 5) is 11.5. The summed E-state index contributed by atoms with van der Waals surface area (Å²) >= 11 is 0. The topological polar surface area (TPSA) is 82.8 Å². The average molecular weight is 280 g/mol. The van der Waals surface area contributed by atoms with Gasteiger partial charge >= 0.3 is 5.97 Å². The highest BCUT2D eigenvalue weighted by molar-refractivity contribution is 5.91. The lowest BCUT2D eigenvalue weighted by Crippen LogP contribution is -2.39. The summed E-state index contributed by atoms with van der Waals surface area (Å²) in [5.41, 5.74) is 7.29. The predicted molar refractivity (Wildman–Crippen MR) is 75.9 cm³/mol. The molecular weight excluding hydrogens is 260 g/mol. The number of rotatable bonds is 5. The van der Waals surface area contributed by atoms with Crippen LogP contribution in [0.4, 0.5) is 11.4 Å². The quantitative estimate of drug-likeness (QED) is 0.624. The molecule has 1 aromatic carbocycles. The van der Waals surface area contributed by atoms with Crippen molar-refractivity contribution in [2.45, 2.75) is 12.0 Å². The minimum absolute atomic E-state index is 0.340. The van der Waals surface area contributed by atoms with Gasteiger partial charge in [-0.1, -0.05) is 0 Å². The molecule has 0 radical (unpaired) electrons. The van der Waals surface area contributed by atoms with Crippen LogP contribution >= 0.6 is 0 Å². The Morgan fingerprint density at radius 1 is 1.50 bits per heavy atom. The van der Waals surface area contributed by atoms with Crippen molar-refractivity contribution in [1.82, 2.24) is 0 Å². The van der Waals surface area contributed by atoms with Crippen LogP contribution in [0.5, 0.6) is 0 Å². The molecule has 1 saturated heterocycles. The summed E-state index contributed by atoms with van der Waals surface area (Å²) in [6, 6.07) is 5.00. The molecule has 0 amide bonds. The smallest absolute Gasteiger partial charge is 0.337 e. The Morgan fingerprint density at radius 2 is 2.30 bits per heavy atom. The number of ether oxygens (including phenoxy) is 3. The normalized spacial score (nSPS) is 21.7. The molecule has 6 nitrogen and oxygen atoms in total. The number of nitrogens with one attached hydrogen (secondary N) is 1. The van der Waals surface area contributed by atoms with E-state index in [1.807, 2.05) is 0 Å². The highest BCUT2D eigenvalue weighted by atomic mass is 16.5. The Bertz CT molecular complexity index is 484. The van der Waals surface area contributed by atoms with Crippen LogP contribution in [0.1, 0.15) is 16.8 Å². The molecule has 1 atom stereocenters. The van der Waals surface area contributed by atoms with Gasteiger partial charge in [-0.05, 0) is 18.2 Å². The Kier molecular flexibility index (Phi) is 4.46. The van der Waals surface area contributed by atoms with Gasteiger partial charge in [0, 0.05) is 26.7 Å². The minimum Gasteiger partial charge on any atom is -0.465 e. The zero-order chi connectivity index (χ0) is 14.6. The summed E-state index contributed by atoms with van der Waals surface area (Å²) in [7, 11) is 3.02. The van der Waals surface area contributed by atoms with Gasteiger partial charge in [0.1, 0.15) is 5.60 Å². The Hall–Kier alpha value is -1.79. The van der Waals surface area contributed by atoms with Crippen molar-refractivity contribution < 1.29 is 19.0 Å². The summed E-state index contributed by atoms with van der Waals surface area (Å²) < 4.78 is 15.6. The highest BCUT2D eigenvalue weighted by Gasteiger charge is 2.34. The summed E-state index contributed by atoms with van der Waals surface area (Å²) in [5, 5.41) is 3.23. The molecule has 0 bridgehead atoms. The van der Waals surface area contributed by atoms with Gasteiger partial charge in [-0.2, -0.15) is 0 Å². The van der Waals surface area contributed by atoms with E-state index in [0.29, 0.717) is 36.7 Å². The number of hydrogen-bond donors (Lipinski definition) is 2. The third-order valence-electron chi connectivity index (χ3n) is 3.58. The van der Waals surface area contributed by atoms with Crippen molar-refractivity contribution in [2.24, 2.45) is 0 Å². The summed E-state index contributed by atoms with van der Waals surface area (Å²) in [6.45, 7) is 1.80. The van der Waals surface area contributed by atoms with Crippen molar-refractivity contribution in [1.29, 1.82) is 0 Å². The lowest BCUT2D eigenvalue weighted by molar-refractivity contribution is -0.00618. The van der Waals surface area contributed by atoms with E-state index >= 15 is 0 Å². The molecule has 1 unspecified atom stereocenters. The van der Waals surface area contributed by atoms with Crippen LogP contribution in [0.2, 0.25) is 0 Å². The second kappa shape index (κ2) is 6.11. The molecule has 3 N–H and O–H groups in total. The largest absolute Gasteiger partial charge is 0.465 e. The Balaban J connectivity index is 2.10. The van der Waals surface area contributed by atoms with E-state index in [2.05, 4.69) is 5.32 Å². The first-order chi connectivity index (χ1) is 9.60. The predicted octanol–water partition coefficient (Wildman–Crippen LogP) is 1.27. The molecule has 0 aromatic heterocycles. The van der Waals surface area contributed by atoms with Crippen LogP contribution in [-0.4, -0.2) is 45.5 Å². The van der Waals surface area contributed by atoms with E-state index in [1.165, 1.54) is 7.11 Å². The van der Waals surface area contributed by atoms with Gasteiger partial charge in [0.2, 0.25) is 0 Å². The van der Waals surface area contributed by atoms with Gasteiger partial charge in [-0.3, -0.25) is 0 Å². The van der Waals surface area contributed by atoms with Crippen molar-refractivity contribution in [3.8, 4) is 0 Å². The third-order valence-corrected chi connectivity index (χ3v) is 3.58. The van der Waals surface area contributed by atoms with Crippen LogP contribution in [0.15, 0.2) is 18.2 Å². The SMILES string of the molecule is COC(=O)c1ccc(N)c(NCC2(OC)CCOC2)c1. The number of anilines is 2. The van der Waals surface area contributed by atoms with Crippen molar-refractivity contribution in [3.05, 3.63) is 23.8 Å². The lowest BCUT2D eigenvalue weighted by atomic mass is 10.0. The molecule has 1 aliphatic rings. The van der Waals surface area contributed by atoms with Gasteiger partial charge in [0.25, 0.3) is 0 Å². The number of methoxy groups -OCH3 is 2. The number of nitrogens with two attached hydrogens (primary N) is 1. The maximum Gasteiger partial charge on any atom is 0.337 e. The zero-order valence-electron chi connectivity index (χ0n) is 11.8. The summed E-state index contributed by atoms with van der Waals surface area (Å²) in [6.07, 6.45) is 0.826. The fourth-order valence-electron chi connectivity index (χ4n) is 2.17. The number of nitrogen functional groups attached to an aromatic ring is 1. The van der Waals surface area contributed by atoms with Crippen LogP contribution in [0.25, 0.3) is 0 Å². The molecule has 110 valence electrons. The fraction of sp³-hybridized carbons (Fsp3) is 0.500. The Morgan fingerprint density at radius 3 is 2.90 bits per heavy atom. The van der Waals surface area contributed by atoms with E-state index in [-0.39, 0.29) is 5.60 Å². The molecular formula is C14H20N2O4. The van der Waals surface area contributed by atoms with Gasteiger partial charge < -0.3 is 25.3 Å². The number of esters is 1. The first-order valence-electron chi connectivity index (χ1n) is 6.45. The lowest BCUT2D eigenvalue weighted by Gasteiger charge is -2.26. The van der Waals surface area contributed by atoms with Gasteiger partial charge in [-0.15, -0.1) is 0 Å². The molecule has 1 aromatic rings. The van der Waals surface area contributed by atoms with Crippen molar-refractivity contribution in [3.63, 3.8) is 0 Å². The van der Waals surface area contributed by atoms with Crippen molar-refractivity contribution >= 4 is 17.3 Å². The number of carbonyl (C=O) groups is 1. The van der Waals surface area contributed by atoms with Crippen LogP contribution in [0, 0.1) is 0 Å². The minimum atomic E-state index is -0.390. The molecule has 0 aliphatic carbocycles. The second-order valence-electron chi connectivity index (χ2n) is 4.84. The standard InChI is InChI=1S/C14H20N2O4/c1-18-13(17)10-3-4-11(15)12(7-10)16-8-14(19-2)5-6-20-9-14/h3-4,7,16H,5-6,8-9,15H2,1-2H3. The monoisotopic (exact) mass is 280 g/mol. The first kappa shape index (κ1) is 14.6. The first-order valence-corrected chi connectivity index (χ1v) is 6.45. The van der Waals surface area contributed by atoms with Crippen LogP contribution in [0.3, 0.4) is 0 Å². The number of benzene rings is 1. The van der Waals surface area contributed by atoms with Gasteiger partial charge in [-0.25, -0.2) is 4.79 Å². The number of hydrogen-bond acceptors (Lipinski definition) is 6. The Labute approximate surface area is 118 Å². The van der Waals surface area contributed by atoms with E-state index in [4.69, 9.17) is 19.9 Å². The molecule has 0 saturated carbocycles. The molecule has 1 heterocycles. The molecule has 1 fully saturated rings. The molecule has 2 rings (SSSR count). The van der Waals surface area contributed by atoms with Crippen molar-refractivity contribution in [2.75, 3.05) is 45.0 Å². The molecule has 20 heavy (non-hydrogen) atoms. The van der Waals surface area contributed by atoms with E-state index in [0.717, 1.165) is 6.42 Å². The zero-order valence-corrected chi connectivity index (χ0v) is 11.8. The summed E-state index contributed by atoms with van der Waals surface area (Å²) in [5.74, 6) is -0.390. The van der Waals surface area contributed by atoms with E-state index in [9.17, 15) is 4.79 Å². The van der Waals surface area contributed by atoms with Crippen LogP contribution in [-0.2, 0) is 14.2 Å².